The number of aromatic nitrogens is 2. The van der Waals surface area contributed by atoms with Crippen molar-refractivity contribution in [3.8, 4) is 5.69 Å². The smallest absolute Gasteiger partial charge is 0.341 e. The van der Waals surface area contributed by atoms with Crippen molar-refractivity contribution in [2.75, 3.05) is 18.1 Å². The fourth-order valence-corrected chi connectivity index (χ4v) is 4.62. The molecule has 2 saturated heterocycles. The number of nitrogens with two attached hydrogens (primary N) is 1. The minimum Gasteiger partial charge on any atom is -0.477 e. The van der Waals surface area contributed by atoms with Crippen LogP contribution in [0.5, 0.6) is 0 Å². The molecule has 0 radical (unpaired) electrons. The van der Waals surface area contributed by atoms with E-state index in [-0.39, 0.29) is 35.8 Å². The van der Waals surface area contributed by atoms with Crippen LogP contribution < -0.4 is 21.5 Å². The van der Waals surface area contributed by atoms with Crippen LogP contribution in [0.4, 0.5) is 19.0 Å². The number of ether oxygens (including phenoxy) is 1. The van der Waals surface area contributed by atoms with Gasteiger partial charge in [-0.1, -0.05) is 0 Å². The zero-order chi connectivity index (χ0) is 23.6. The topological polar surface area (TPSA) is 131 Å². The molecule has 5 rings (SSSR count). The number of benzene rings is 1. The summed E-state index contributed by atoms with van der Waals surface area (Å²) in [6, 6.07) is 1.70. The number of aromatic amines is 1. The molecule has 0 unspecified atom stereocenters. The minimum absolute atomic E-state index is 0.149. The molecule has 2 fully saturated rings. The average Bonchev–Trinajstić information content (AvgIpc) is 3.35. The number of aromatic carboxylic acids is 1. The summed E-state index contributed by atoms with van der Waals surface area (Å²) in [5, 5.41) is 8.62. The highest BCUT2D eigenvalue weighted by Gasteiger charge is 2.45. The Balaban J connectivity index is 1.84. The van der Waals surface area contributed by atoms with Crippen molar-refractivity contribution in [1.29, 1.82) is 0 Å². The predicted octanol–water partition coefficient (Wildman–Crippen LogP) is 1.10. The van der Waals surface area contributed by atoms with Gasteiger partial charge in [0, 0.05) is 25.4 Å². The number of hydrogen-bond acceptors (Lipinski definition) is 6. The Morgan fingerprint density at radius 3 is 2.67 bits per heavy atom. The van der Waals surface area contributed by atoms with Gasteiger partial charge in [0.1, 0.15) is 34.0 Å². The van der Waals surface area contributed by atoms with Crippen LogP contribution in [0.1, 0.15) is 16.8 Å². The molecular weight excluding hydrogens is 445 g/mol. The van der Waals surface area contributed by atoms with Gasteiger partial charge >= 0.3 is 5.97 Å². The number of anilines is 1. The van der Waals surface area contributed by atoms with E-state index in [0.717, 1.165) is 22.9 Å². The molecule has 4 heterocycles. The first kappa shape index (κ1) is 21.2. The molecule has 2 aliphatic heterocycles. The molecule has 0 saturated carbocycles. The van der Waals surface area contributed by atoms with Crippen molar-refractivity contribution in [2.45, 2.75) is 24.6 Å². The zero-order valence-corrected chi connectivity index (χ0v) is 16.8. The summed E-state index contributed by atoms with van der Waals surface area (Å²) < 4.78 is 49.8. The first-order chi connectivity index (χ1) is 15.7. The first-order valence-electron chi connectivity index (χ1n) is 10.0. The third kappa shape index (κ3) is 3.13. The largest absolute Gasteiger partial charge is 0.477 e. The second-order valence-electron chi connectivity index (χ2n) is 7.99. The van der Waals surface area contributed by atoms with Crippen molar-refractivity contribution < 1.29 is 27.8 Å². The number of nitrogens with zero attached hydrogens (tertiary/aromatic N) is 2. The van der Waals surface area contributed by atoms with Crippen LogP contribution in [0.15, 0.2) is 34.0 Å². The van der Waals surface area contributed by atoms with Crippen LogP contribution in [0, 0.1) is 17.5 Å². The molecule has 4 N–H and O–H groups in total. The summed E-state index contributed by atoms with van der Waals surface area (Å²) in [6.07, 6.45) is 0.947. The van der Waals surface area contributed by atoms with Gasteiger partial charge in [0.05, 0.1) is 23.9 Å². The van der Waals surface area contributed by atoms with Crippen molar-refractivity contribution >= 4 is 22.8 Å². The number of carboxylic acids is 1. The predicted molar refractivity (Wildman–Crippen MR) is 110 cm³/mol. The summed E-state index contributed by atoms with van der Waals surface area (Å²) in [5.74, 6) is -5.25. The number of nitrogens with one attached hydrogen (secondary N) is 1. The van der Waals surface area contributed by atoms with E-state index in [2.05, 4.69) is 4.98 Å². The summed E-state index contributed by atoms with van der Waals surface area (Å²) in [5.41, 5.74) is 1.94. The summed E-state index contributed by atoms with van der Waals surface area (Å²) in [4.78, 5) is 41.5. The lowest BCUT2D eigenvalue weighted by molar-refractivity contribution is 0.0695. The molecule has 0 bridgehead atoms. The Morgan fingerprint density at radius 2 is 1.97 bits per heavy atom. The lowest BCUT2D eigenvalue weighted by Gasteiger charge is -2.25. The molecule has 1 aromatic carbocycles. The molecule has 0 amide bonds. The van der Waals surface area contributed by atoms with Gasteiger partial charge in [-0.3, -0.25) is 14.2 Å². The van der Waals surface area contributed by atoms with Crippen LogP contribution in [-0.2, 0) is 4.74 Å². The molecular formula is C21H17F3N4O5. The van der Waals surface area contributed by atoms with Gasteiger partial charge in [-0.25, -0.2) is 13.6 Å². The molecule has 3 atom stereocenters. The van der Waals surface area contributed by atoms with Gasteiger partial charge in [-0.05, 0) is 18.6 Å². The second kappa shape index (κ2) is 7.46. The Labute approximate surface area is 182 Å². The van der Waals surface area contributed by atoms with Crippen LogP contribution in [0.3, 0.4) is 0 Å². The zero-order valence-electron chi connectivity index (χ0n) is 16.8. The maximum atomic E-state index is 15.3. The molecule has 172 valence electrons. The van der Waals surface area contributed by atoms with E-state index >= 15 is 4.39 Å². The van der Waals surface area contributed by atoms with Gasteiger partial charge < -0.3 is 25.5 Å². The first-order valence-corrected chi connectivity index (χ1v) is 10.0. The third-order valence-electron chi connectivity index (χ3n) is 6.10. The SMILES string of the molecule is N[C@H]1CN(c2[nH]c3c(c(=O)c(C(=O)O)cn3-c3ccc(F)cc3F)c(=O)c2F)[C@@H]2CCO[C@@H]21. The van der Waals surface area contributed by atoms with Crippen LogP contribution in [0.2, 0.25) is 0 Å². The highest BCUT2D eigenvalue weighted by atomic mass is 19.1. The van der Waals surface area contributed by atoms with Gasteiger partial charge in [-0.2, -0.15) is 4.39 Å². The number of fused-ring (bicyclic) bond motifs is 2. The summed E-state index contributed by atoms with van der Waals surface area (Å²) in [7, 11) is 0. The average molecular weight is 462 g/mol. The van der Waals surface area contributed by atoms with Crippen molar-refractivity contribution in [3.05, 3.63) is 67.9 Å². The fraction of sp³-hybridized carbons (Fsp3) is 0.286. The Bertz CT molecular complexity index is 1440. The number of hydrogen-bond donors (Lipinski definition) is 3. The molecule has 9 nitrogen and oxygen atoms in total. The maximum Gasteiger partial charge on any atom is 0.341 e. The van der Waals surface area contributed by atoms with Gasteiger partial charge in [0.2, 0.25) is 16.7 Å². The summed E-state index contributed by atoms with van der Waals surface area (Å²) in [6.45, 7) is 0.544. The van der Waals surface area contributed by atoms with Crippen LogP contribution >= 0.6 is 0 Å². The van der Waals surface area contributed by atoms with Gasteiger partial charge in [0.15, 0.2) is 0 Å². The monoisotopic (exact) mass is 462 g/mol. The number of H-pyrrole nitrogens is 1. The van der Waals surface area contributed by atoms with Crippen molar-refractivity contribution in [3.63, 3.8) is 0 Å². The number of pyridine rings is 2. The normalized spacial score (nSPS) is 22.2. The number of rotatable bonds is 3. The van der Waals surface area contributed by atoms with Crippen molar-refractivity contribution in [1.82, 2.24) is 9.55 Å². The maximum absolute atomic E-state index is 15.3. The lowest BCUT2D eigenvalue weighted by atomic mass is 10.1. The number of carbonyl (C=O) groups is 1. The Morgan fingerprint density at radius 1 is 1.21 bits per heavy atom. The molecule has 0 aliphatic carbocycles. The van der Waals surface area contributed by atoms with E-state index in [9.17, 15) is 28.3 Å². The second-order valence-corrected chi connectivity index (χ2v) is 7.99. The standard InChI is InChI=1S/C21H17F3N4O5/c22-8-1-2-12(10(23)5-8)27-6-9(21(31)32)16(29)14-17(30)15(24)20(26-19(14)27)28-7-11(25)18-13(28)3-4-33-18/h1-2,5-6,11,13,18H,3-4,7,25H2,(H,26,30)(H,31,32)/t11-,13+,18+/m0/s1. The summed E-state index contributed by atoms with van der Waals surface area (Å²) >= 11 is 0. The quantitative estimate of drug-likeness (QED) is 0.531. The molecule has 0 spiro atoms. The van der Waals surface area contributed by atoms with Crippen LogP contribution in [0.25, 0.3) is 16.7 Å². The molecule has 12 heteroatoms. The third-order valence-corrected chi connectivity index (χ3v) is 6.10. The molecule has 33 heavy (non-hydrogen) atoms. The van der Waals surface area contributed by atoms with Gasteiger partial charge in [-0.15, -0.1) is 0 Å². The fourth-order valence-electron chi connectivity index (χ4n) is 4.62. The number of halogens is 3. The highest BCUT2D eigenvalue weighted by molar-refractivity contribution is 5.92. The van der Waals surface area contributed by atoms with E-state index in [1.165, 1.54) is 4.90 Å². The van der Waals surface area contributed by atoms with Crippen LogP contribution in [-0.4, -0.2) is 52.0 Å². The van der Waals surface area contributed by atoms with E-state index in [1.807, 2.05) is 0 Å². The lowest BCUT2D eigenvalue weighted by Crippen LogP contribution is -2.36. The van der Waals surface area contributed by atoms with Crippen molar-refractivity contribution in [2.24, 2.45) is 5.73 Å². The van der Waals surface area contributed by atoms with E-state index in [0.29, 0.717) is 19.1 Å². The van der Waals surface area contributed by atoms with E-state index in [4.69, 9.17) is 10.5 Å². The Kier molecular flexibility index (Phi) is 4.79. The molecule has 2 aromatic heterocycles. The minimum atomic E-state index is -1.70. The highest BCUT2D eigenvalue weighted by Crippen LogP contribution is 2.33. The Hall–Kier alpha value is -3.64. The van der Waals surface area contributed by atoms with E-state index < -0.39 is 51.3 Å². The molecule has 2 aliphatic rings. The van der Waals surface area contributed by atoms with E-state index in [1.54, 1.807) is 0 Å². The van der Waals surface area contributed by atoms with Gasteiger partial charge in [0.25, 0.3) is 0 Å². The molecule has 3 aromatic rings. The number of carboxylic acid groups (broad SMARTS) is 1.